The third-order valence-electron chi connectivity index (χ3n) is 3.72. The van der Waals surface area contributed by atoms with Gasteiger partial charge in [-0.2, -0.15) is 0 Å². The Morgan fingerprint density at radius 1 is 1.04 bits per heavy atom. The molecule has 0 aliphatic heterocycles. The van der Waals surface area contributed by atoms with Crippen LogP contribution in [0, 0.1) is 0 Å². The molecule has 0 aliphatic rings. The van der Waals surface area contributed by atoms with E-state index in [4.69, 9.17) is 0 Å². The average molecular weight is 353 g/mol. The highest BCUT2D eigenvalue weighted by Gasteiger charge is 2.16. The van der Waals surface area contributed by atoms with Gasteiger partial charge in [0.25, 0.3) is 5.91 Å². The Labute approximate surface area is 150 Å². The van der Waals surface area contributed by atoms with Crippen LogP contribution in [0.2, 0.25) is 0 Å². The van der Waals surface area contributed by atoms with Gasteiger partial charge >= 0.3 is 0 Å². The molecule has 2 aromatic carbocycles. The minimum absolute atomic E-state index is 0.141. The van der Waals surface area contributed by atoms with E-state index in [1.165, 1.54) is 11.3 Å². The third-order valence-corrected chi connectivity index (χ3v) is 4.55. The highest BCUT2D eigenvalue weighted by Crippen LogP contribution is 2.24. The molecule has 3 rings (SSSR count). The summed E-state index contributed by atoms with van der Waals surface area (Å²) in [4.78, 5) is 24.6. The van der Waals surface area contributed by atoms with Gasteiger partial charge in [-0.05, 0) is 27.8 Å². The highest BCUT2D eigenvalue weighted by molar-refractivity contribution is 7.14. The predicted octanol–water partition coefficient (Wildman–Crippen LogP) is 3.29. The molecule has 0 radical (unpaired) electrons. The van der Waals surface area contributed by atoms with Gasteiger partial charge < -0.3 is 5.32 Å². The van der Waals surface area contributed by atoms with Crippen molar-refractivity contribution in [2.45, 2.75) is 6.42 Å². The van der Waals surface area contributed by atoms with E-state index < -0.39 is 0 Å². The summed E-state index contributed by atoms with van der Waals surface area (Å²) in [6.45, 7) is 0. The first-order valence-electron chi connectivity index (χ1n) is 7.87. The summed E-state index contributed by atoms with van der Waals surface area (Å²) < 4.78 is 0. The summed E-state index contributed by atoms with van der Waals surface area (Å²) in [5, 5.41) is 8.95. The summed E-state index contributed by atoms with van der Waals surface area (Å²) in [5.74, 6) is -0.385. The fraction of sp³-hybridized carbons (Fsp3) is 0.158. The maximum Gasteiger partial charge on any atom is 0.268 e. The van der Waals surface area contributed by atoms with Gasteiger partial charge in [0.2, 0.25) is 5.91 Å². The number of hydrazine groups is 1. The van der Waals surface area contributed by atoms with Crippen LogP contribution in [0.5, 0.6) is 0 Å². The Balaban J connectivity index is 1.75. The lowest BCUT2D eigenvalue weighted by atomic mass is 10.0. The standard InChI is InChI=1S/C19H19N3O2S/c1-22(2)21-18(24)16-10-11-25-19(16)20-17(23)12-14-8-5-7-13-6-3-4-9-15(13)14/h3-11H,12H2,1-2H3,(H,20,23)(H,21,24). The van der Waals surface area contributed by atoms with Crippen molar-refractivity contribution in [2.24, 2.45) is 0 Å². The van der Waals surface area contributed by atoms with E-state index in [-0.39, 0.29) is 18.2 Å². The number of benzene rings is 2. The molecule has 0 saturated carbocycles. The lowest BCUT2D eigenvalue weighted by Crippen LogP contribution is -2.36. The fourth-order valence-electron chi connectivity index (χ4n) is 2.64. The first kappa shape index (κ1) is 17.1. The van der Waals surface area contributed by atoms with Crippen LogP contribution in [0.1, 0.15) is 15.9 Å². The predicted molar refractivity (Wildman–Crippen MR) is 102 cm³/mol. The van der Waals surface area contributed by atoms with Gasteiger partial charge in [0.15, 0.2) is 0 Å². The number of amides is 2. The van der Waals surface area contributed by atoms with Crippen LogP contribution >= 0.6 is 11.3 Å². The topological polar surface area (TPSA) is 61.4 Å². The molecule has 0 bridgehead atoms. The fourth-order valence-corrected chi connectivity index (χ4v) is 3.44. The number of carbonyl (C=O) groups is 2. The molecule has 0 spiro atoms. The van der Waals surface area contributed by atoms with Crippen LogP contribution in [0.3, 0.4) is 0 Å². The summed E-state index contributed by atoms with van der Waals surface area (Å²) in [7, 11) is 3.48. The zero-order chi connectivity index (χ0) is 17.8. The van der Waals surface area contributed by atoms with Crippen molar-refractivity contribution in [3.8, 4) is 0 Å². The van der Waals surface area contributed by atoms with Crippen molar-refractivity contribution < 1.29 is 9.59 Å². The number of anilines is 1. The van der Waals surface area contributed by atoms with Gasteiger partial charge in [-0.15, -0.1) is 11.3 Å². The second-order valence-electron chi connectivity index (χ2n) is 5.86. The zero-order valence-corrected chi connectivity index (χ0v) is 14.9. The summed E-state index contributed by atoms with van der Waals surface area (Å²) in [6.07, 6.45) is 0.258. The number of thiophene rings is 1. The highest BCUT2D eigenvalue weighted by atomic mass is 32.1. The number of hydrogen-bond acceptors (Lipinski definition) is 4. The molecule has 0 unspecified atom stereocenters. The SMILES string of the molecule is CN(C)NC(=O)c1ccsc1NC(=O)Cc1cccc2ccccc12. The molecule has 1 aromatic heterocycles. The molecular weight excluding hydrogens is 334 g/mol. The molecule has 0 saturated heterocycles. The Morgan fingerprint density at radius 3 is 2.60 bits per heavy atom. The summed E-state index contributed by atoms with van der Waals surface area (Å²) in [5.41, 5.74) is 4.11. The normalized spacial score (nSPS) is 10.8. The van der Waals surface area contributed by atoms with E-state index in [0.717, 1.165) is 16.3 Å². The smallest absolute Gasteiger partial charge is 0.268 e. The van der Waals surface area contributed by atoms with Crippen molar-refractivity contribution >= 4 is 38.9 Å². The molecule has 2 N–H and O–H groups in total. The molecule has 3 aromatic rings. The Bertz CT molecular complexity index is 912. The van der Waals surface area contributed by atoms with Crippen LogP contribution in [0.4, 0.5) is 5.00 Å². The number of rotatable bonds is 5. The monoisotopic (exact) mass is 353 g/mol. The van der Waals surface area contributed by atoms with Crippen molar-refractivity contribution in [3.05, 3.63) is 65.0 Å². The molecule has 0 fully saturated rings. The lowest BCUT2D eigenvalue weighted by molar-refractivity contribution is -0.115. The van der Waals surface area contributed by atoms with Gasteiger partial charge in [0.1, 0.15) is 5.00 Å². The molecule has 2 amide bonds. The van der Waals surface area contributed by atoms with Crippen molar-refractivity contribution in [3.63, 3.8) is 0 Å². The third kappa shape index (κ3) is 4.04. The lowest BCUT2D eigenvalue weighted by Gasteiger charge is -2.12. The number of carbonyl (C=O) groups excluding carboxylic acids is 2. The van der Waals surface area contributed by atoms with Gasteiger partial charge in [-0.25, -0.2) is 5.01 Å². The Morgan fingerprint density at radius 2 is 1.80 bits per heavy atom. The van der Waals surface area contributed by atoms with Crippen molar-refractivity contribution in [1.29, 1.82) is 0 Å². The number of nitrogens with zero attached hydrogens (tertiary/aromatic N) is 1. The maximum atomic E-state index is 12.5. The van der Waals surface area contributed by atoms with E-state index in [9.17, 15) is 9.59 Å². The average Bonchev–Trinajstić information content (AvgIpc) is 3.02. The second kappa shape index (κ2) is 7.46. The molecule has 6 heteroatoms. The van der Waals surface area contributed by atoms with Crippen LogP contribution < -0.4 is 10.7 Å². The largest absolute Gasteiger partial charge is 0.317 e. The first-order valence-corrected chi connectivity index (χ1v) is 8.75. The zero-order valence-electron chi connectivity index (χ0n) is 14.1. The Kier molecular flexibility index (Phi) is 5.11. The minimum Gasteiger partial charge on any atom is -0.317 e. The van der Waals surface area contributed by atoms with Crippen LogP contribution in [-0.2, 0) is 11.2 Å². The van der Waals surface area contributed by atoms with Gasteiger partial charge in [0, 0.05) is 14.1 Å². The quantitative estimate of drug-likeness (QED) is 0.692. The van der Waals surface area contributed by atoms with Crippen LogP contribution in [0.25, 0.3) is 10.8 Å². The maximum absolute atomic E-state index is 12.5. The minimum atomic E-state index is -0.244. The number of hydrogen-bond donors (Lipinski definition) is 2. The Hall–Kier alpha value is -2.70. The van der Waals surface area contributed by atoms with Gasteiger partial charge in [0.05, 0.1) is 12.0 Å². The molecular formula is C19H19N3O2S. The van der Waals surface area contributed by atoms with Crippen LogP contribution in [0.15, 0.2) is 53.9 Å². The van der Waals surface area contributed by atoms with E-state index >= 15 is 0 Å². The van der Waals surface area contributed by atoms with E-state index in [1.54, 1.807) is 30.6 Å². The summed E-state index contributed by atoms with van der Waals surface area (Å²) >= 11 is 1.34. The summed E-state index contributed by atoms with van der Waals surface area (Å²) in [6, 6.07) is 15.6. The van der Waals surface area contributed by atoms with Crippen LogP contribution in [-0.4, -0.2) is 30.9 Å². The molecule has 128 valence electrons. The van der Waals surface area contributed by atoms with E-state index in [2.05, 4.69) is 10.7 Å². The molecule has 0 atom stereocenters. The molecule has 1 heterocycles. The van der Waals surface area contributed by atoms with Gasteiger partial charge in [-0.3, -0.25) is 15.0 Å². The first-order chi connectivity index (χ1) is 12.0. The number of nitrogens with one attached hydrogen (secondary N) is 2. The van der Waals surface area contributed by atoms with Crippen molar-refractivity contribution in [2.75, 3.05) is 19.4 Å². The molecule has 0 aliphatic carbocycles. The molecule has 5 nitrogen and oxygen atoms in total. The molecule has 25 heavy (non-hydrogen) atoms. The second-order valence-corrected chi connectivity index (χ2v) is 6.78. The van der Waals surface area contributed by atoms with E-state index in [0.29, 0.717) is 10.6 Å². The number of fused-ring (bicyclic) bond motifs is 1. The van der Waals surface area contributed by atoms with Crippen molar-refractivity contribution in [1.82, 2.24) is 10.4 Å². The van der Waals surface area contributed by atoms with Gasteiger partial charge in [-0.1, -0.05) is 42.5 Å². The van der Waals surface area contributed by atoms with E-state index in [1.807, 2.05) is 42.5 Å².